The Bertz CT molecular complexity index is 551. The number of aromatic nitrogens is 1. The molecule has 2 aromatic rings. The molecule has 0 fully saturated rings. The highest BCUT2D eigenvalue weighted by Crippen LogP contribution is 2.29. The first-order chi connectivity index (χ1) is 7.08. The summed E-state index contributed by atoms with van der Waals surface area (Å²) in [5, 5.41) is 9.45. The lowest BCUT2D eigenvalue weighted by Gasteiger charge is -2.03. The number of oxazole rings is 1. The standard InChI is InChI=1S/C11H11NO3/c1-6-3-4-7(2)8(5-6)9-10(13)12-11(14)15-9/h3-5,13H,1-2H3,(H,12,14). The van der Waals surface area contributed by atoms with E-state index in [0.717, 1.165) is 16.7 Å². The average molecular weight is 205 g/mol. The Balaban J connectivity index is 2.68. The minimum absolute atomic E-state index is 0.196. The molecule has 0 bridgehead atoms. The van der Waals surface area contributed by atoms with E-state index in [0.29, 0.717) is 0 Å². The van der Waals surface area contributed by atoms with Crippen molar-refractivity contribution in [1.82, 2.24) is 4.98 Å². The molecule has 4 nitrogen and oxygen atoms in total. The fourth-order valence-corrected chi connectivity index (χ4v) is 1.48. The average Bonchev–Trinajstić information content (AvgIpc) is 2.50. The van der Waals surface area contributed by atoms with Crippen molar-refractivity contribution in [3.8, 4) is 17.2 Å². The molecule has 1 aromatic carbocycles. The SMILES string of the molecule is Cc1ccc(C)c(-c2oc(=O)[nH]c2O)c1. The summed E-state index contributed by atoms with van der Waals surface area (Å²) in [5.74, 6) is -0.682. The third-order valence-electron chi connectivity index (χ3n) is 2.27. The molecule has 0 radical (unpaired) electrons. The second-order valence-corrected chi connectivity index (χ2v) is 3.51. The van der Waals surface area contributed by atoms with Gasteiger partial charge in [0.25, 0.3) is 0 Å². The molecule has 0 spiro atoms. The summed E-state index contributed by atoms with van der Waals surface area (Å²) in [6, 6.07) is 5.74. The highest BCUT2D eigenvalue weighted by molar-refractivity contribution is 5.66. The number of rotatable bonds is 1. The molecule has 1 aromatic heterocycles. The lowest BCUT2D eigenvalue weighted by atomic mass is 10.0. The largest absolute Gasteiger partial charge is 0.492 e. The van der Waals surface area contributed by atoms with Crippen LogP contribution < -0.4 is 5.76 Å². The van der Waals surface area contributed by atoms with Crippen molar-refractivity contribution in [1.29, 1.82) is 0 Å². The van der Waals surface area contributed by atoms with Gasteiger partial charge >= 0.3 is 5.76 Å². The Labute approximate surface area is 86.2 Å². The fourth-order valence-electron chi connectivity index (χ4n) is 1.48. The van der Waals surface area contributed by atoms with Gasteiger partial charge in [-0.2, -0.15) is 0 Å². The van der Waals surface area contributed by atoms with Gasteiger partial charge in [0, 0.05) is 5.56 Å². The molecule has 2 N–H and O–H groups in total. The molecule has 0 amide bonds. The number of benzene rings is 1. The lowest BCUT2D eigenvalue weighted by Crippen LogP contribution is -1.93. The van der Waals surface area contributed by atoms with Crippen molar-refractivity contribution in [2.24, 2.45) is 0 Å². The zero-order valence-electron chi connectivity index (χ0n) is 8.50. The predicted molar refractivity (Wildman–Crippen MR) is 55.9 cm³/mol. The van der Waals surface area contributed by atoms with Gasteiger partial charge in [-0.15, -0.1) is 0 Å². The number of aryl methyl sites for hydroxylation is 2. The zero-order valence-corrected chi connectivity index (χ0v) is 8.50. The number of nitrogens with one attached hydrogen (secondary N) is 1. The molecule has 0 unspecified atom stereocenters. The van der Waals surface area contributed by atoms with Crippen LogP contribution in [0.2, 0.25) is 0 Å². The molecular formula is C11H11NO3. The molecule has 0 atom stereocenters. The second kappa shape index (κ2) is 3.31. The van der Waals surface area contributed by atoms with Gasteiger partial charge in [0.15, 0.2) is 5.76 Å². The van der Waals surface area contributed by atoms with Gasteiger partial charge in [0.05, 0.1) is 0 Å². The van der Waals surface area contributed by atoms with Gasteiger partial charge in [-0.3, -0.25) is 4.98 Å². The van der Waals surface area contributed by atoms with Gasteiger partial charge < -0.3 is 9.52 Å². The summed E-state index contributed by atoms with van der Waals surface area (Å²) in [5.41, 5.74) is 2.71. The summed E-state index contributed by atoms with van der Waals surface area (Å²) in [4.78, 5) is 13.1. The van der Waals surface area contributed by atoms with Crippen LogP contribution in [-0.4, -0.2) is 10.1 Å². The quantitative estimate of drug-likeness (QED) is 0.747. The Morgan fingerprint density at radius 1 is 1.33 bits per heavy atom. The van der Waals surface area contributed by atoms with Crippen LogP contribution in [0.4, 0.5) is 0 Å². The van der Waals surface area contributed by atoms with E-state index >= 15 is 0 Å². The molecular weight excluding hydrogens is 194 g/mol. The fraction of sp³-hybridized carbons (Fsp3) is 0.182. The van der Waals surface area contributed by atoms with Crippen LogP contribution in [0.25, 0.3) is 11.3 Å². The van der Waals surface area contributed by atoms with E-state index in [4.69, 9.17) is 4.42 Å². The van der Waals surface area contributed by atoms with E-state index in [1.807, 2.05) is 32.0 Å². The van der Waals surface area contributed by atoms with Gasteiger partial charge in [-0.1, -0.05) is 17.7 Å². The topological polar surface area (TPSA) is 66.2 Å². The first-order valence-electron chi connectivity index (χ1n) is 4.57. The molecule has 78 valence electrons. The number of hydrogen-bond donors (Lipinski definition) is 2. The number of aromatic hydroxyl groups is 1. The van der Waals surface area contributed by atoms with Crippen LogP contribution in [0.3, 0.4) is 0 Å². The van der Waals surface area contributed by atoms with Gasteiger partial charge in [-0.05, 0) is 25.5 Å². The van der Waals surface area contributed by atoms with Crippen LogP contribution in [0.1, 0.15) is 11.1 Å². The van der Waals surface area contributed by atoms with Crippen molar-refractivity contribution in [2.75, 3.05) is 0 Å². The summed E-state index contributed by atoms with van der Waals surface area (Å²) >= 11 is 0. The first kappa shape index (κ1) is 9.58. The molecule has 4 heteroatoms. The summed E-state index contributed by atoms with van der Waals surface area (Å²) in [6.45, 7) is 3.83. The van der Waals surface area contributed by atoms with Crippen molar-refractivity contribution in [3.05, 3.63) is 39.9 Å². The van der Waals surface area contributed by atoms with Crippen molar-refractivity contribution >= 4 is 0 Å². The van der Waals surface area contributed by atoms with E-state index in [-0.39, 0.29) is 11.6 Å². The van der Waals surface area contributed by atoms with Crippen molar-refractivity contribution in [2.45, 2.75) is 13.8 Å². The Kier molecular flexibility index (Phi) is 2.11. The maximum Gasteiger partial charge on any atom is 0.419 e. The van der Waals surface area contributed by atoms with Gasteiger partial charge in [0.2, 0.25) is 5.88 Å². The molecule has 0 saturated carbocycles. The summed E-state index contributed by atoms with van der Waals surface area (Å²) in [7, 11) is 0. The molecule has 0 aliphatic rings. The minimum atomic E-state index is -0.650. The first-order valence-corrected chi connectivity index (χ1v) is 4.57. The number of hydrogen-bond acceptors (Lipinski definition) is 3. The highest BCUT2D eigenvalue weighted by atomic mass is 16.4. The summed E-state index contributed by atoms with van der Waals surface area (Å²) < 4.78 is 4.88. The molecule has 15 heavy (non-hydrogen) atoms. The van der Waals surface area contributed by atoms with E-state index in [2.05, 4.69) is 4.98 Å². The van der Waals surface area contributed by atoms with Crippen LogP contribution in [0, 0.1) is 13.8 Å². The highest BCUT2D eigenvalue weighted by Gasteiger charge is 2.13. The molecule has 0 aliphatic carbocycles. The molecule has 0 aliphatic heterocycles. The van der Waals surface area contributed by atoms with E-state index < -0.39 is 5.76 Å². The van der Waals surface area contributed by atoms with E-state index in [1.54, 1.807) is 0 Å². The van der Waals surface area contributed by atoms with Crippen LogP contribution in [0.5, 0.6) is 5.88 Å². The Hall–Kier alpha value is -1.97. The normalized spacial score (nSPS) is 10.5. The summed E-state index contributed by atoms with van der Waals surface area (Å²) in [6.07, 6.45) is 0. The van der Waals surface area contributed by atoms with Crippen LogP contribution in [0.15, 0.2) is 27.4 Å². The smallest absolute Gasteiger partial charge is 0.419 e. The van der Waals surface area contributed by atoms with Crippen molar-refractivity contribution < 1.29 is 9.52 Å². The molecule has 0 saturated heterocycles. The van der Waals surface area contributed by atoms with E-state index in [1.165, 1.54) is 0 Å². The van der Waals surface area contributed by atoms with Crippen molar-refractivity contribution in [3.63, 3.8) is 0 Å². The monoisotopic (exact) mass is 205 g/mol. The number of H-pyrrole nitrogens is 1. The second-order valence-electron chi connectivity index (χ2n) is 3.51. The Morgan fingerprint density at radius 2 is 2.07 bits per heavy atom. The van der Waals surface area contributed by atoms with Crippen LogP contribution in [-0.2, 0) is 0 Å². The molecule has 1 heterocycles. The Morgan fingerprint density at radius 3 is 2.67 bits per heavy atom. The number of aromatic amines is 1. The maximum atomic E-state index is 10.9. The van der Waals surface area contributed by atoms with Crippen LogP contribution >= 0.6 is 0 Å². The third kappa shape index (κ3) is 1.66. The lowest BCUT2D eigenvalue weighted by molar-refractivity contribution is 0.452. The van der Waals surface area contributed by atoms with E-state index in [9.17, 15) is 9.90 Å². The minimum Gasteiger partial charge on any atom is -0.492 e. The van der Waals surface area contributed by atoms with Gasteiger partial charge in [0.1, 0.15) is 0 Å². The third-order valence-corrected chi connectivity index (χ3v) is 2.27. The predicted octanol–water partition coefficient (Wildman–Crippen LogP) is 1.96. The molecule has 2 rings (SSSR count). The maximum absolute atomic E-state index is 10.9. The van der Waals surface area contributed by atoms with Gasteiger partial charge in [-0.25, -0.2) is 4.79 Å². The zero-order chi connectivity index (χ0) is 11.0.